The van der Waals surface area contributed by atoms with E-state index in [1.165, 1.54) is 12.1 Å². The summed E-state index contributed by atoms with van der Waals surface area (Å²) in [7, 11) is 1.77. The predicted molar refractivity (Wildman–Crippen MR) is 72.4 cm³/mol. The average Bonchev–Trinajstić information content (AvgIpc) is 2.76. The Morgan fingerprint density at radius 3 is 2.61 bits per heavy atom. The van der Waals surface area contributed by atoms with Crippen LogP contribution >= 0.6 is 15.9 Å². The summed E-state index contributed by atoms with van der Waals surface area (Å²) in [6.45, 7) is 2.16. The van der Waals surface area contributed by atoms with Crippen molar-refractivity contribution in [3.8, 4) is 0 Å². The van der Waals surface area contributed by atoms with Gasteiger partial charge in [0.25, 0.3) is 0 Å². The zero-order valence-electron chi connectivity index (χ0n) is 10.6. The monoisotopic (exact) mass is 317 g/mol. The standard InChI is InChI=1S/C14H18BrF2N/c1-8-4-3-5-9(8)14(18-2)12-11(16)7-6-10(15)13(12)17/h6-9,14,18H,3-5H2,1-2H3. The van der Waals surface area contributed by atoms with Gasteiger partial charge in [-0.3, -0.25) is 0 Å². The molecule has 1 aliphatic carbocycles. The molecule has 0 amide bonds. The molecule has 1 N–H and O–H groups in total. The molecule has 3 unspecified atom stereocenters. The maximum absolute atomic E-state index is 14.2. The Morgan fingerprint density at radius 1 is 1.33 bits per heavy atom. The molecule has 4 heteroatoms. The van der Waals surface area contributed by atoms with E-state index in [0.29, 0.717) is 16.3 Å². The predicted octanol–water partition coefficient (Wildman–Crippen LogP) is 4.42. The summed E-state index contributed by atoms with van der Waals surface area (Å²) >= 11 is 3.13. The highest BCUT2D eigenvalue weighted by atomic mass is 79.9. The van der Waals surface area contributed by atoms with E-state index >= 15 is 0 Å². The summed E-state index contributed by atoms with van der Waals surface area (Å²) < 4.78 is 28.4. The zero-order valence-corrected chi connectivity index (χ0v) is 12.2. The van der Waals surface area contributed by atoms with Crippen molar-refractivity contribution in [1.29, 1.82) is 0 Å². The minimum atomic E-state index is -0.478. The largest absolute Gasteiger partial charge is 0.313 e. The maximum atomic E-state index is 14.2. The Morgan fingerprint density at radius 2 is 2.06 bits per heavy atom. The van der Waals surface area contributed by atoms with E-state index in [-0.39, 0.29) is 11.6 Å². The third-order valence-electron chi connectivity index (χ3n) is 4.06. The molecule has 1 aliphatic rings. The fourth-order valence-electron chi connectivity index (χ4n) is 3.07. The first-order valence-electron chi connectivity index (χ1n) is 6.37. The van der Waals surface area contributed by atoms with Crippen LogP contribution in [0.5, 0.6) is 0 Å². The Labute approximate surface area is 115 Å². The van der Waals surface area contributed by atoms with Crippen molar-refractivity contribution in [2.24, 2.45) is 11.8 Å². The molecule has 0 aromatic heterocycles. The van der Waals surface area contributed by atoms with Gasteiger partial charge >= 0.3 is 0 Å². The van der Waals surface area contributed by atoms with Gasteiger partial charge in [-0.1, -0.05) is 19.8 Å². The van der Waals surface area contributed by atoms with Crippen molar-refractivity contribution >= 4 is 15.9 Å². The fraction of sp³-hybridized carbons (Fsp3) is 0.571. The maximum Gasteiger partial charge on any atom is 0.145 e. The summed E-state index contributed by atoms with van der Waals surface area (Å²) in [6.07, 6.45) is 3.30. The van der Waals surface area contributed by atoms with Crippen LogP contribution < -0.4 is 5.32 Å². The second-order valence-corrected chi connectivity index (χ2v) is 5.95. The van der Waals surface area contributed by atoms with Gasteiger partial charge in [0, 0.05) is 11.6 Å². The van der Waals surface area contributed by atoms with Crippen LogP contribution in [0.2, 0.25) is 0 Å². The number of benzene rings is 1. The van der Waals surface area contributed by atoms with E-state index in [4.69, 9.17) is 0 Å². The van der Waals surface area contributed by atoms with Crippen LogP contribution in [-0.2, 0) is 0 Å². The Bertz CT molecular complexity index is 436. The summed E-state index contributed by atoms with van der Waals surface area (Å²) in [4.78, 5) is 0. The highest BCUT2D eigenvalue weighted by molar-refractivity contribution is 9.10. The minimum Gasteiger partial charge on any atom is -0.313 e. The Hall–Kier alpha value is -0.480. The van der Waals surface area contributed by atoms with Crippen LogP contribution in [0.25, 0.3) is 0 Å². The van der Waals surface area contributed by atoms with E-state index in [2.05, 4.69) is 28.2 Å². The second-order valence-electron chi connectivity index (χ2n) is 5.10. The molecule has 1 fully saturated rings. The van der Waals surface area contributed by atoms with Crippen LogP contribution in [0.1, 0.15) is 37.8 Å². The molecule has 1 aromatic rings. The van der Waals surface area contributed by atoms with Crippen molar-refractivity contribution < 1.29 is 8.78 Å². The third kappa shape index (κ3) is 2.45. The van der Waals surface area contributed by atoms with E-state index in [9.17, 15) is 8.78 Å². The van der Waals surface area contributed by atoms with Crippen molar-refractivity contribution in [1.82, 2.24) is 5.32 Å². The molecule has 0 saturated heterocycles. The highest BCUT2D eigenvalue weighted by Gasteiger charge is 2.34. The van der Waals surface area contributed by atoms with Crippen molar-refractivity contribution in [2.45, 2.75) is 32.2 Å². The molecule has 18 heavy (non-hydrogen) atoms. The summed E-state index contributed by atoms with van der Waals surface area (Å²) in [5.41, 5.74) is 0.172. The van der Waals surface area contributed by atoms with Crippen LogP contribution in [-0.4, -0.2) is 7.05 Å². The Kier molecular flexibility index (Phi) is 4.38. The SMILES string of the molecule is CNC(c1c(F)ccc(Br)c1F)C1CCCC1C. The summed E-state index contributed by atoms with van der Waals surface area (Å²) in [6, 6.07) is 2.49. The average molecular weight is 318 g/mol. The lowest BCUT2D eigenvalue weighted by Gasteiger charge is -2.28. The van der Waals surface area contributed by atoms with Crippen LogP contribution in [0.15, 0.2) is 16.6 Å². The molecule has 0 radical (unpaired) electrons. The van der Waals surface area contributed by atoms with Gasteiger partial charge in [0.05, 0.1) is 4.47 Å². The van der Waals surface area contributed by atoms with Crippen LogP contribution in [0.4, 0.5) is 8.78 Å². The molecule has 1 nitrogen and oxygen atoms in total. The van der Waals surface area contributed by atoms with Crippen molar-refractivity contribution in [2.75, 3.05) is 7.05 Å². The number of hydrogen-bond donors (Lipinski definition) is 1. The van der Waals surface area contributed by atoms with Gasteiger partial charge < -0.3 is 5.32 Å². The van der Waals surface area contributed by atoms with Crippen LogP contribution in [0, 0.1) is 23.5 Å². The second kappa shape index (κ2) is 5.66. The van der Waals surface area contributed by atoms with Gasteiger partial charge in [0.2, 0.25) is 0 Å². The zero-order chi connectivity index (χ0) is 13.3. The lowest BCUT2D eigenvalue weighted by atomic mass is 9.85. The smallest absolute Gasteiger partial charge is 0.145 e. The molecular formula is C14H18BrF2N. The Balaban J connectivity index is 2.41. The minimum absolute atomic E-state index is 0.172. The van der Waals surface area contributed by atoms with Gasteiger partial charge in [-0.2, -0.15) is 0 Å². The van der Waals surface area contributed by atoms with Gasteiger partial charge in [-0.25, -0.2) is 8.78 Å². The van der Waals surface area contributed by atoms with Gasteiger partial charge in [0.15, 0.2) is 0 Å². The van der Waals surface area contributed by atoms with Crippen molar-refractivity contribution in [3.05, 3.63) is 33.8 Å². The molecule has 1 saturated carbocycles. The molecule has 3 atom stereocenters. The fourth-order valence-corrected chi connectivity index (χ4v) is 3.42. The molecule has 1 aromatic carbocycles. The number of hydrogen-bond acceptors (Lipinski definition) is 1. The quantitative estimate of drug-likeness (QED) is 0.813. The first-order valence-corrected chi connectivity index (χ1v) is 7.16. The molecule has 0 heterocycles. The molecule has 0 aliphatic heterocycles. The van der Waals surface area contributed by atoms with E-state index in [0.717, 1.165) is 19.3 Å². The normalized spacial score (nSPS) is 25.4. The number of rotatable bonds is 3. The number of nitrogens with one attached hydrogen (secondary N) is 1. The van der Waals surface area contributed by atoms with E-state index in [1.54, 1.807) is 7.05 Å². The molecule has 0 bridgehead atoms. The van der Waals surface area contributed by atoms with Gasteiger partial charge in [-0.15, -0.1) is 0 Å². The van der Waals surface area contributed by atoms with Gasteiger partial charge in [0.1, 0.15) is 11.6 Å². The van der Waals surface area contributed by atoms with Crippen molar-refractivity contribution in [3.63, 3.8) is 0 Å². The summed E-state index contributed by atoms with van der Waals surface area (Å²) in [5.74, 6) is -0.142. The van der Waals surface area contributed by atoms with Crippen LogP contribution in [0.3, 0.4) is 0 Å². The first kappa shape index (κ1) is 13.9. The third-order valence-corrected chi connectivity index (χ3v) is 4.67. The van der Waals surface area contributed by atoms with E-state index in [1.807, 2.05) is 0 Å². The summed E-state index contributed by atoms with van der Waals surface area (Å²) in [5, 5.41) is 3.10. The van der Waals surface area contributed by atoms with E-state index < -0.39 is 11.6 Å². The molecular weight excluding hydrogens is 300 g/mol. The molecule has 100 valence electrons. The number of halogens is 3. The first-order chi connectivity index (χ1) is 8.56. The topological polar surface area (TPSA) is 12.0 Å². The lowest BCUT2D eigenvalue weighted by molar-refractivity contribution is 0.300. The molecule has 0 spiro atoms. The lowest BCUT2D eigenvalue weighted by Crippen LogP contribution is -2.28. The highest BCUT2D eigenvalue weighted by Crippen LogP contribution is 2.42. The molecule has 2 rings (SSSR count). The van der Waals surface area contributed by atoms with Gasteiger partial charge in [-0.05, 0) is 53.4 Å².